The number of methoxy groups -OCH3 is 1. The first kappa shape index (κ1) is 10.5. The molecule has 0 heterocycles. The zero-order valence-corrected chi connectivity index (χ0v) is 8.00. The predicted molar refractivity (Wildman–Crippen MR) is 49.0 cm³/mol. The van der Waals surface area contributed by atoms with E-state index in [4.69, 9.17) is 9.84 Å². The second kappa shape index (κ2) is 4.09. The number of benzene rings is 1. The summed E-state index contributed by atoms with van der Waals surface area (Å²) in [7, 11) is 1.38. The summed E-state index contributed by atoms with van der Waals surface area (Å²) in [6.07, 6.45) is 0.122. The molecule has 0 saturated carbocycles. The molecule has 0 aliphatic heterocycles. The lowest BCUT2D eigenvalue weighted by molar-refractivity contribution is -0.116. The van der Waals surface area contributed by atoms with Gasteiger partial charge >= 0.3 is 0 Å². The van der Waals surface area contributed by atoms with Crippen LogP contribution in [0.25, 0.3) is 0 Å². The van der Waals surface area contributed by atoms with Crippen molar-refractivity contribution in [3.63, 3.8) is 0 Å². The Bertz CT molecular complexity index is 361. The van der Waals surface area contributed by atoms with Gasteiger partial charge in [-0.05, 0) is 13.0 Å². The van der Waals surface area contributed by atoms with E-state index in [2.05, 4.69) is 0 Å². The third-order valence-electron chi connectivity index (χ3n) is 1.79. The molecule has 3 nitrogen and oxygen atoms in total. The Balaban J connectivity index is 3.13. The van der Waals surface area contributed by atoms with Gasteiger partial charge < -0.3 is 9.84 Å². The lowest BCUT2D eigenvalue weighted by Crippen LogP contribution is -2.00. The number of ketones is 1. The van der Waals surface area contributed by atoms with Gasteiger partial charge in [-0.3, -0.25) is 4.79 Å². The molecule has 0 fully saturated rings. The minimum absolute atomic E-state index is 0.0747. The molecule has 14 heavy (non-hydrogen) atoms. The zero-order chi connectivity index (χ0) is 10.7. The maximum absolute atomic E-state index is 12.9. The molecule has 0 spiro atoms. The second-order valence-electron chi connectivity index (χ2n) is 2.99. The lowest BCUT2D eigenvalue weighted by atomic mass is 10.1. The van der Waals surface area contributed by atoms with Gasteiger partial charge in [0.2, 0.25) is 0 Å². The number of phenols is 1. The standard InChI is InChI=1S/C10H11FO3/c1-6(12)3-7-4-9(13)8(11)5-10(7)14-2/h4-5,13H,3H2,1-2H3. The molecular formula is C10H11FO3. The van der Waals surface area contributed by atoms with E-state index in [9.17, 15) is 9.18 Å². The van der Waals surface area contributed by atoms with E-state index in [1.807, 2.05) is 0 Å². The van der Waals surface area contributed by atoms with E-state index in [0.29, 0.717) is 5.56 Å². The van der Waals surface area contributed by atoms with E-state index < -0.39 is 11.6 Å². The molecular weight excluding hydrogens is 187 g/mol. The summed E-state index contributed by atoms with van der Waals surface area (Å²) in [6, 6.07) is 2.27. The lowest BCUT2D eigenvalue weighted by Gasteiger charge is -2.07. The Morgan fingerprint density at radius 1 is 1.57 bits per heavy atom. The highest BCUT2D eigenvalue weighted by atomic mass is 19.1. The van der Waals surface area contributed by atoms with Gasteiger partial charge in [0.15, 0.2) is 11.6 Å². The minimum atomic E-state index is -0.755. The highest BCUT2D eigenvalue weighted by Gasteiger charge is 2.10. The fraction of sp³-hybridized carbons (Fsp3) is 0.300. The van der Waals surface area contributed by atoms with Crippen LogP contribution in [0, 0.1) is 5.82 Å². The number of rotatable bonds is 3. The number of carbonyl (C=O) groups is 1. The van der Waals surface area contributed by atoms with Crippen molar-refractivity contribution in [2.75, 3.05) is 7.11 Å². The van der Waals surface area contributed by atoms with Crippen LogP contribution < -0.4 is 4.74 Å². The second-order valence-corrected chi connectivity index (χ2v) is 2.99. The monoisotopic (exact) mass is 198 g/mol. The molecule has 1 rings (SSSR count). The number of phenolic OH excluding ortho intramolecular Hbond substituents is 1. The van der Waals surface area contributed by atoms with Crippen LogP contribution in [0.2, 0.25) is 0 Å². The van der Waals surface area contributed by atoms with Crippen LogP contribution in [0.1, 0.15) is 12.5 Å². The van der Waals surface area contributed by atoms with Gasteiger partial charge in [-0.2, -0.15) is 0 Å². The fourth-order valence-corrected chi connectivity index (χ4v) is 1.18. The van der Waals surface area contributed by atoms with Crippen LogP contribution in [0.4, 0.5) is 4.39 Å². The van der Waals surface area contributed by atoms with Gasteiger partial charge in [-0.1, -0.05) is 0 Å². The van der Waals surface area contributed by atoms with Gasteiger partial charge in [0.05, 0.1) is 7.11 Å². The fourth-order valence-electron chi connectivity index (χ4n) is 1.18. The molecule has 76 valence electrons. The quantitative estimate of drug-likeness (QED) is 0.803. The highest BCUT2D eigenvalue weighted by Crippen LogP contribution is 2.27. The molecule has 1 aromatic rings. The molecule has 4 heteroatoms. The molecule has 0 radical (unpaired) electrons. The largest absolute Gasteiger partial charge is 0.505 e. The van der Waals surface area contributed by atoms with Gasteiger partial charge in [0.25, 0.3) is 0 Å². The average Bonchev–Trinajstić information content (AvgIpc) is 2.10. The first-order chi connectivity index (χ1) is 6.54. The summed E-state index contributed by atoms with van der Waals surface area (Å²) in [5, 5.41) is 9.09. The number of ether oxygens (including phenoxy) is 1. The summed E-state index contributed by atoms with van der Waals surface area (Å²) in [5.74, 6) is -1.03. The van der Waals surface area contributed by atoms with Gasteiger partial charge in [0.1, 0.15) is 11.5 Å². The number of hydrogen-bond acceptors (Lipinski definition) is 3. The van der Waals surface area contributed by atoms with Crippen molar-refractivity contribution in [1.29, 1.82) is 0 Å². The molecule has 0 atom stereocenters. The Labute approximate surface area is 81.1 Å². The molecule has 0 amide bonds. The summed E-state index contributed by atoms with van der Waals surface area (Å²) < 4.78 is 17.7. The summed E-state index contributed by atoms with van der Waals surface area (Å²) in [6.45, 7) is 1.42. The van der Waals surface area contributed by atoms with Crippen molar-refractivity contribution >= 4 is 5.78 Å². The summed E-state index contributed by atoms with van der Waals surface area (Å²) in [5.41, 5.74) is 0.485. The SMILES string of the molecule is COc1cc(F)c(O)cc1CC(C)=O. The van der Waals surface area contributed by atoms with Gasteiger partial charge in [0, 0.05) is 18.1 Å². The van der Waals surface area contributed by atoms with Crippen molar-refractivity contribution in [1.82, 2.24) is 0 Å². The Morgan fingerprint density at radius 3 is 2.71 bits per heavy atom. The maximum Gasteiger partial charge on any atom is 0.168 e. The normalized spacial score (nSPS) is 9.93. The number of halogens is 1. The summed E-state index contributed by atoms with van der Waals surface area (Å²) in [4.78, 5) is 10.8. The number of carbonyl (C=O) groups excluding carboxylic acids is 1. The zero-order valence-electron chi connectivity index (χ0n) is 8.00. The first-order valence-electron chi connectivity index (χ1n) is 4.09. The van der Waals surface area contributed by atoms with Crippen molar-refractivity contribution in [3.05, 3.63) is 23.5 Å². The van der Waals surface area contributed by atoms with Crippen molar-refractivity contribution < 1.29 is 19.0 Å². The van der Waals surface area contributed by atoms with E-state index in [1.165, 1.54) is 20.1 Å². The minimum Gasteiger partial charge on any atom is -0.505 e. The Hall–Kier alpha value is -1.58. The molecule has 0 unspecified atom stereocenters. The maximum atomic E-state index is 12.9. The molecule has 1 N–H and O–H groups in total. The van der Waals surface area contributed by atoms with E-state index in [0.717, 1.165) is 6.07 Å². The van der Waals surface area contributed by atoms with Crippen molar-refractivity contribution in [2.24, 2.45) is 0 Å². The van der Waals surface area contributed by atoms with E-state index >= 15 is 0 Å². The molecule has 0 saturated heterocycles. The van der Waals surface area contributed by atoms with Gasteiger partial charge in [-0.25, -0.2) is 4.39 Å². The van der Waals surface area contributed by atoms with Crippen LogP contribution in [-0.4, -0.2) is 18.0 Å². The third-order valence-corrected chi connectivity index (χ3v) is 1.79. The van der Waals surface area contributed by atoms with E-state index in [1.54, 1.807) is 0 Å². The number of Topliss-reactive ketones (excluding diaryl/α,β-unsaturated/α-hetero) is 1. The predicted octanol–water partition coefficient (Wildman–Crippen LogP) is 1.67. The summed E-state index contributed by atoms with van der Waals surface area (Å²) >= 11 is 0. The first-order valence-corrected chi connectivity index (χ1v) is 4.09. The topological polar surface area (TPSA) is 46.5 Å². The highest BCUT2D eigenvalue weighted by molar-refractivity contribution is 5.79. The van der Waals surface area contributed by atoms with E-state index in [-0.39, 0.29) is 18.0 Å². The van der Waals surface area contributed by atoms with Crippen molar-refractivity contribution in [3.8, 4) is 11.5 Å². The van der Waals surface area contributed by atoms with Crippen molar-refractivity contribution in [2.45, 2.75) is 13.3 Å². The molecule has 0 bridgehead atoms. The Morgan fingerprint density at radius 2 is 2.21 bits per heavy atom. The third kappa shape index (κ3) is 2.22. The van der Waals surface area contributed by atoms with Crippen LogP contribution in [0.3, 0.4) is 0 Å². The molecule has 0 aliphatic rings. The van der Waals surface area contributed by atoms with Crippen LogP contribution in [0.15, 0.2) is 12.1 Å². The molecule has 0 aliphatic carbocycles. The number of aromatic hydroxyl groups is 1. The average molecular weight is 198 g/mol. The van der Waals surface area contributed by atoms with Gasteiger partial charge in [-0.15, -0.1) is 0 Å². The molecule has 1 aromatic carbocycles. The van der Waals surface area contributed by atoms with Crippen LogP contribution >= 0.6 is 0 Å². The molecule has 0 aromatic heterocycles. The smallest absolute Gasteiger partial charge is 0.168 e. The Kier molecular flexibility index (Phi) is 3.06. The van der Waals surface area contributed by atoms with Crippen LogP contribution in [0.5, 0.6) is 11.5 Å². The number of hydrogen-bond donors (Lipinski definition) is 1. The van der Waals surface area contributed by atoms with Crippen LogP contribution in [-0.2, 0) is 11.2 Å².